The van der Waals surface area contributed by atoms with Crippen molar-refractivity contribution in [2.24, 2.45) is 0 Å². The monoisotopic (exact) mass is 297 g/mol. The molecule has 1 aliphatic carbocycles. The predicted octanol–water partition coefficient (Wildman–Crippen LogP) is 2.04. The maximum absolute atomic E-state index is 5.96. The van der Waals surface area contributed by atoms with Crippen molar-refractivity contribution in [3.63, 3.8) is 0 Å². The summed E-state index contributed by atoms with van der Waals surface area (Å²) >= 11 is 0. The van der Waals surface area contributed by atoms with Crippen LogP contribution in [0, 0.1) is 0 Å². The second kappa shape index (κ2) is 7.87. The number of hydrogen-bond donors (Lipinski definition) is 1. The van der Waals surface area contributed by atoms with Gasteiger partial charge in [-0.2, -0.15) is 4.98 Å². The summed E-state index contributed by atoms with van der Waals surface area (Å²) in [5, 5.41) is 7.54. The van der Waals surface area contributed by atoms with Crippen molar-refractivity contribution < 1.29 is 14.0 Å². The molecule has 0 saturated heterocycles. The molecule has 6 nitrogen and oxygen atoms in total. The van der Waals surface area contributed by atoms with Gasteiger partial charge in [-0.1, -0.05) is 12.1 Å². The van der Waals surface area contributed by atoms with Crippen molar-refractivity contribution in [2.75, 3.05) is 26.9 Å². The Hall–Kier alpha value is -0.980. The molecular formula is C15H27N3O3. The summed E-state index contributed by atoms with van der Waals surface area (Å²) in [6.07, 6.45) is 4.96. The molecule has 0 spiro atoms. The Bertz CT molecular complexity index is 410. The minimum atomic E-state index is -0.328. The van der Waals surface area contributed by atoms with Gasteiger partial charge in [0.15, 0.2) is 0 Å². The molecule has 1 aliphatic rings. The van der Waals surface area contributed by atoms with E-state index in [1.54, 1.807) is 7.11 Å². The SMILES string of the molecule is CCNC(COC)Cc1nc(C2(OCC)CCCC2)no1. The van der Waals surface area contributed by atoms with Gasteiger partial charge in [-0.25, -0.2) is 0 Å². The lowest BCUT2D eigenvalue weighted by Crippen LogP contribution is -2.35. The van der Waals surface area contributed by atoms with Crippen LogP contribution in [0.15, 0.2) is 4.52 Å². The molecule has 1 N–H and O–H groups in total. The van der Waals surface area contributed by atoms with Crippen LogP contribution in [0.3, 0.4) is 0 Å². The lowest BCUT2D eigenvalue weighted by atomic mass is 10.0. The normalized spacial score (nSPS) is 19.0. The molecule has 2 rings (SSSR count). The van der Waals surface area contributed by atoms with Crippen LogP contribution in [0.1, 0.15) is 51.2 Å². The molecule has 1 heterocycles. The smallest absolute Gasteiger partial charge is 0.228 e. The second-order valence-corrected chi connectivity index (χ2v) is 5.56. The average molecular weight is 297 g/mol. The van der Waals surface area contributed by atoms with Gasteiger partial charge in [0.2, 0.25) is 11.7 Å². The summed E-state index contributed by atoms with van der Waals surface area (Å²) in [6.45, 7) is 6.28. The highest BCUT2D eigenvalue weighted by atomic mass is 16.5. The van der Waals surface area contributed by atoms with Gasteiger partial charge in [0.25, 0.3) is 0 Å². The van der Waals surface area contributed by atoms with Crippen LogP contribution in [0.25, 0.3) is 0 Å². The zero-order chi connectivity index (χ0) is 15.1. The Kier molecular flexibility index (Phi) is 6.14. The van der Waals surface area contributed by atoms with Gasteiger partial charge in [-0.3, -0.25) is 0 Å². The minimum absolute atomic E-state index is 0.194. The van der Waals surface area contributed by atoms with E-state index in [0.29, 0.717) is 31.3 Å². The van der Waals surface area contributed by atoms with Gasteiger partial charge in [0, 0.05) is 26.2 Å². The third kappa shape index (κ3) is 4.02. The van der Waals surface area contributed by atoms with E-state index in [-0.39, 0.29) is 11.6 Å². The van der Waals surface area contributed by atoms with E-state index in [0.717, 1.165) is 32.2 Å². The van der Waals surface area contributed by atoms with Crippen LogP contribution in [0.4, 0.5) is 0 Å². The van der Waals surface area contributed by atoms with Crippen molar-refractivity contribution in [3.05, 3.63) is 11.7 Å². The van der Waals surface area contributed by atoms with Crippen LogP contribution >= 0.6 is 0 Å². The van der Waals surface area contributed by atoms with Crippen LogP contribution in [0.2, 0.25) is 0 Å². The minimum Gasteiger partial charge on any atom is -0.383 e. The van der Waals surface area contributed by atoms with Crippen molar-refractivity contribution in [1.29, 1.82) is 0 Å². The van der Waals surface area contributed by atoms with E-state index < -0.39 is 0 Å². The second-order valence-electron chi connectivity index (χ2n) is 5.56. The third-order valence-corrected chi connectivity index (χ3v) is 3.99. The van der Waals surface area contributed by atoms with Gasteiger partial charge in [0.1, 0.15) is 5.60 Å². The van der Waals surface area contributed by atoms with E-state index in [1.807, 2.05) is 6.92 Å². The Morgan fingerprint density at radius 3 is 2.71 bits per heavy atom. The van der Waals surface area contributed by atoms with Crippen LogP contribution in [0.5, 0.6) is 0 Å². The lowest BCUT2D eigenvalue weighted by molar-refractivity contribution is -0.0469. The summed E-state index contributed by atoms with van der Waals surface area (Å²) in [5.74, 6) is 1.36. The summed E-state index contributed by atoms with van der Waals surface area (Å²) < 4.78 is 16.6. The molecule has 1 saturated carbocycles. The molecular weight excluding hydrogens is 270 g/mol. The number of rotatable bonds is 9. The molecule has 21 heavy (non-hydrogen) atoms. The largest absolute Gasteiger partial charge is 0.383 e. The molecule has 0 aliphatic heterocycles. The summed E-state index contributed by atoms with van der Waals surface area (Å²) in [6, 6.07) is 0.194. The highest BCUT2D eigenvalue weighted by Crippen LogP contribution is 2.40. The summed E-state index contributed by atoms with van der Waals surface area (Å²) in [7, 11) is 1.70. The third-order valence-electron chi connectivity index (χ3n) is 3.99. The van der Waals surface area contributed by atoms with Gasteiger partial charge >= 0.3 is 0 Å². The molecule has 1 aromatic rings. The first-order chi connectivity index (χ1) is 10.2. The van der Waals surface area contributed by atoms with Gasteiger partial charge in [-0.15, -0.1) is 0 Å². The first kappa shape index (κ1) is 16.4. The maximum atomic E-state index is 5.96. The molecule has 1 aromatic heterocycles. The van der Waals surface area contributed by atoms with Gasteiger partial charge < -0.3 is 19.3 Å². The molecule has 0 amide bonds. The molecule has 1 atom stereocenters. The highest BCUT2D eigenvalue weighted by molar-refractivity contribution is 5.05. The molecule has 1 fully saturated rings. The lowest BCUT2D eigenvalue weighted by Gasteiger charge is -2.24. The zero-order valence-electron chi connectivity index (χ0n) is 13.4. The van der Waals surface area contributed by atoms with Crippen molar-refractivity contribution in [2.45, 2.75) is 57.6 Å². The molecule has 0 bridgehead atoms. The molecule has 6 heteroatoms. The summed E-state index contributed by atoms with van der Waals surface area (Å²) in [4.78, 5) is 4.59. The van der Waals surface area contributed by atoms with Crippen molar-refractivity contribution in [3.8, 4) is 0 Å². The Morgan fingerprint density at radius 1 is 1.33 bits per heavy atom. The Balaban J connectivity index is 2.05. The van der Waals surface area contributed by atoms with Gasteiger partial charge in [-0.05, 0) is 39.2 Å². The fourth-order valence-electron chi connectivity index (χ4n) is 3.07. The Morgan fingerprint density at radius 2 is 2.10 bits per heavy atom. The van der Waals surface area contributed by atoms with Crippen LogP contribution < -0.4 is 5.32 Å². The first-order valence-corrected chi connectivity index (χ1v) is 7.93. The maximum Gasteiger partial charge on any atom is 0.228 e. The van der Waals surface area contributed by atoms with Crippen LogP contribution in [-0.2, 0) is 21.5 Å². The Labute approximate surface area is 126 Å². The molecule has 0 aromatic carbocycles. The van der Waals surface area contributed by atoms with E-state index in [9.17, 15) is 0 Å². The quantitative estimate of drug-likeness (QED) is 0.752. The van der Waals surface area contributed by atoms with Crippen molar-refractivity contribution in [1.82, 2.24) is 15.5 Å². The number of nitrogens with zero attached hydrogens (tertiary/aromatic N) is 2. The number of methoxy groups -OCH3 is 1. The molecule has 1 unspecified atom stereocenters. The zero-order valence-corrected chi connectivity index (χ0v) is 13.4. The van der Waals surface area contributed by atoms with Gasteiger partial charge in [0.05, 0.1) is 6.61 Å². The van der Waals surface area contributed by atoms with E-state index in [2.05, 4.69) is 22.4 Å². The standard InChI is InChI=1S/C15H27N3O3/c1-4-16-12(11-19-3)10-13-17-14(18-21-13)15(20-5-2)8-6-7-9-15/h12,16H,4-11H2,1-3H3. The van der Waals surface area contributed by atoms with E-state index >= 15 is 0 Å². The number of hydrogen-bond acceptors (Lipinski definition) is 6. The topological polar surface area (TPSA) is 69.4 Å². The number of ether oxygens (including phenoxy) is 2. The molecule has 120 valence electrons. The number of aromatic nitrogens is 2. The number of likely N-dealkylation sites (N-methyl/N-ethyl adjacent to an activating group) is 1. The number of nitrogens with one attached hydrogen (secondary N) is 1. The predicted molar refractivity (Wildman–Crippen MR) is 79.1 cm³/mol. The van der Waals surface area contributed by atoms with Crippen molar-refractivity contribution >= 4 is 0 Å². The highest BCUT2D eigenvalue weighted by Gasteiger charge is 2.40. The molecule has 0 radical (unpaired) electrons. The van der Waals surface area contributed by atoms with Crippen LogP contribution in [-0.4, -0.2) is 43.1 Å². The fraction of sp³-hybridized carbons (Fsp3) is 0.867. The fourth-order valence-corrected chi connectivity index (χ4v) is 3.07. The van der Waals surface area contributed by atoms with E-state index in [1.165, 1.54) is 0 Å². The average Bonchev–Trinajstić information content (AvgIpc) is 3.10. The van der Waals surface area contributed by atoms with E-state index in [4.69, 9.17) is 14.0 Å². The first-order valence-electron chi connectivity index (χ1n) is 7.93. The summed E-state index contributed by atoms with van der Waals surface area (Å²) in [5.41, 5.74) is -0.328.